The van der Waals surface area contributed by atoms with Crippen molar-refractivity contribution in [3.63, 3.8) is 0 Å². The molecule has 0 aromatic carbocycles. The third-order valence-electron chi connectivity index (χ3n) is 2.23. The summed E-state index contributed by atoms with van der Waals surface area (Å²) >= 11 is 0. The topological polar surface area (TPSA) is 95.1 Å². The number of hydrogen-bond donors (Lipinski definition) is 3. The summed E-state index contributed by atoms with van der Waals surface area (Å²) in [6.45, 7) is 1.47. The molecule has 1 aliphatic carbocycles. The SMILES string of the molecule is CC(=O)C1C(N)C=CCC1(N)N. The molecule has 1 aliphatic rings. The molecule has 0 bridgehead atoms. The zero-order valence-electron chi connectivity index (χ0n) is 7.16. The third-order valence-corrected chi connectivity index (χ3v) is 2.23. The summed E-state index contributed by atoms with van der Waals surface area (Å²) in [5, 5.41) is 0. The Balaban J connectivity index is 2.92. The van der Waals surface area contributed by atoms with E-state index in [1.807, 2.05) is 6.08 Å². The molecule has 68 valence electrons. The van der Waals surface area contributed by atoms with Gasteiger partial charge >= 0.3 is 0 Å². The molecular formula is C8H15N3O. The van der Waals surface area contributed by atoms with Crippen LogP contribution in [0, 0.1) is 5.92 Å². The Labute approximate surface area is 71.8 Å². The van der Waals surface area contributed by atoms with E-state index < -0.39 is 11.6 Å². The van der Waals surface area contributed by atoms with Gasteiger partial charge in [-0.05, 0) is 13.3 Å². The van der Waals surface area contributed by atoms with Gasteiger partial charge in [0.1, 0.15) is 5.78 Å². The Morgan fingerprint density at radius 3 is 2.50 bits per heavy atom. The second-order valence-electron chi connectivity index (χ2n) is 3.41. The minimum atomic E-state index is -0.972. The smallest absolute Gasteiger partial charge is 0.137 e. The highest BCUT2D eigenvalue weighted by atomic mass is 16.1. The van der Waals surface area contributed by atoms with Crippen molar-refractivity contribution < 1.29 is 4.79 Å². The number of nitrogens with two attached hydrogens (primary N) is 3. The van der Waals surface area contributed by atoms with Gasteiger partial charge in [-0.2, -0.15) is 0 Å². The van der Waals surface area contributed by atoms with Crippen LogP contribution in [-0.4, -0.2) is 17.5 Å². The number of rotatable bonds is 1. The summed E-state index contributed by atoms with van der Waals surface area (Å²) in [5.41, 5.74) is 16.2. The largest absolute Gasteiger partial charge is 0.324 e. The Kier molecular flexibility index (Phi) is 2.32. The van der Waals surface area contributed by atoms with Crippen molar-refractivity contribution >= 4 is 5.78 Å². The van der Waals surface area contributed by atoms with Gasteiger partial charge < -0.3 is 17.2 Å². The van der Waals surface area contributed by atoms with Gasteiger partial charge in [-0.3, -0.25) is 4.79 Å². The number of hydrogen-bond acceptors (Lipinski definition) is 4. The fourth-order valence-electron chi connectivity index (χ4n) is 1.68. The first-order chi connectivity index (χ1) is 5.45. The molecule has 0 heterocycles. The van der Waals surface area contributed by atoms with Crippen molar-refractivity contribution in [2.45, 2.75) is 25.0 Å². The van der Waals surface area contributed by atoms with Gasteiger partial charge in [0.2, 0.25) is 0 Å². The Bertz CT molecular complexity index is 222. The van der Waals surface area contributed by atoms with Crippen molar-refractivity contribution in [2.75, 3.05) is 0 Å². The van der Waals surface area contributed by atoms with E-state index in [-0.39, 0.29) is 11.8 Å². The van der Waals surface area contributed by atoms with E-state index in [2.05, 4.69) is 0 Å². The highest BCUT2D eigenvalue weighted by molar-refractivity contribution is 5.81. The van der Waals surface area contributed by atoms with E-state index in [0.717, 1.165) is 0 Å². The predicted molar refractivity (Wildman–Crippen MR) is 47.0 cm³/mol. The highest BCUT2D eigenvalue weighted by Crippen LogP contribution is 2.23. The molecule has 0 saturated heterocycles. The molecule has 0 spiro atoms. The molecule has 4 heteroatoms. The molecule has 0 aliphatic heterocycles. The number of ketones is 1. The zero-order chi connectivity index (χ0) is 9.35. The van der Waals surface area contributed by atoms with E-state index in [9.17, 15) is 4.79 Å². The van der Waals surface area contributed by atoms with E-state index in [1.165, 1.54) is 6.92 Å². The standard InChI is InChI=1S/C8H15N3O/c1-5(12)7-6(9)3-2-4-8(7,10)11/h2-3,6-7H,4,9-11H2,1H3. The van der Waals surface area contributed by atoms with E-state index in [0.29, 0.717) is 6.42 Å². The Hall–Kier alpha value is -0.710. The van der Waals surface area contributed by atoms with Gasteiger partial charge in [0.05, 0.1) is 11.6 Å². The lowest BCUT2D eigenvalue weighted by Crippen LogP contribution is -2.63. The van der Waals surface area contributed by atoms with Crippen molar-refractivity contribution in [1.29, 1.82) is 0 Å². The lowest BCUT2D eigenvalue weighted by atomic mass is 9.78. The highest BCUT2D eigenvalue weighted by Gasteiger charge is 2.39. The van der Waals surface area contributed by atoms with Crippen LogP contribution in [0.4, 0.5) is 0 Å². The molecule has 6 N–H and O–H groups in total. The van der Waals surface area contributed by atoms with Gasteiger partial charge in [-0.15, -0.1) is 0 Å². The molecule has 0 aromatic rings. The van der Waals surface area contributed by atoms with Crippen molar-refractivity contribution in [3.8, 4) is 0 Å². The monoisotopic (exact) mass is 169 g/mol. The first-order valence-electron chi connectivity index (χ1n) is 3.95. The van der Waals surface area contributed by atoms with Gasteiger partial charge in [0.15, 0.2) is 0 Å². The molecule has 2 atom stereocenters. The minimum Gasteiger partial charge on any atom is -0.324 e. The van der Waals surface area contributed by atoms with Gasteiger partial charge in [0.25, 0.3) is 0 Å². The maximum Gasteiger partial charge on any atom is 0.137 e. The minimum absolute atomic E-state index is 0.0446. The molecule has 2 unspecified atom stereocenters. The van der Waals surface area contributed by atoms with Gasteiger partial charge in [-0.25, -0.2) is 0 Å². The summed E-state index contributed by atoms with van der Waals surface area (Å²) < 4.78 is 0. The van der Waals surface area contributed by atoms with Crippen LogP contribution in [0.25, 0.3) is 0 Å². The normalized spacial score (nSPS) is 33.3. The molecule has 0 radical (unpaired) electrons. The van der Waals surface area contributed by atoms with Crippen molar-refractivity contribution in [2.24, 2.45) is 23.1 Å². The summed E-state index contributed by atoms with van der Waals surface area (Å²) in [7, 11) is 0. The van der Waals surface area contributed by atoms with E-state index >= 15 is 0 Å². The zero-order valence-corrected chi connectivity index (χ0v) is 7.16. The van der Waals surface area contributed by atoms with Crippen LogP contribution in [0.1, 0.15) is 13.3 Å². The lowest BCUT2D eigenvalue weighted by Gasteiger charge is -2.37. The molecule has 1 rings (SSSR count). The lowest BCUT2D eigenvalue weighted by molar-refractivity contribution is -0.123. The molecule has 0 amide bonds. The number of carbonyl (C=O) groups is 1. The van der Waals surface area contributed by atoms with Crippen LogP contribution in [0.15, 0.2) is 12.2 Å². The maximum absolute atomic E-state index is 11.2. The van der Waals surface area contributed by atoms with Crippen LogP contribution in [0.3, 0.4) is 0 Å². The summed E-state index contributed by atoms with van der Waals surface area (Å²) in [6.07, 6.45) is 4.11. The molecule has 0 saturated carbocycles. The number of carbonyl (C=O) groups excluding carboxylic acids is 1. The number of Topliss-reactive ketones (excluding diaryl/α,β-unsaturated/α-hetero) is 1. The molecular weight excluding hydrogens is 154 g/mol. The summed E-state index contributed by atoms with van der Waals surface area (Å²) in [5.74, 6) is -0.501. The Morgan fingerprint density at radius 1 is 1.58 bits per heavy atom. The van der Waals surface area contributed by atoms with Crippen LogP contribution in [-0.2, 0) is 4.79 Å². The predicted octanol–water partition coefficient (Wildman–Crippen LogP) is -0.907. The fourth-order valence-corrected chi connectivity index (χ4v) is 1.68. The molecule has 12 heavy (non-hydrogen) atoms. The van der Waals surface area contributed by atoms with Crippen molar-refractivity contribution in [1.82, 2.24) is 0 Å². The molecule has 0 fully saturated rings. The van der Waals surface area contributed by atoms with E-state index in [4.69, 9.17) is 17.2 Å². The summed E-state index contributed by atoms with van der Waals surface area (Å²) in [4.78, 5) is 11.2. The third kappa shape index (κ3) is 1.55. The summed E-state index contributed by atoms with van der Waals surface area (Å²) in [6, 6.07) is -0.341. The first kappa shape index (κ1) is 9.38. The van der Waals surface area contributed by atoms with Crippen LogP contribution >= 0.6 is 0 Å². The first-order valence-corrected chi connectivity index (χ1v) is 3.95. The van der Waals surface area contributed by atoms with Crippen LogP contribution < -0.4 is 17.2 Å². The second-order valence-corrected chi connectivity index (χ2v) is 3.41. The van der Waals surface area contributed by atoms with E-state index in [1.54, 1.807) is 6.08 Å². The maximum atomic E-state index is 11.2. The van der Waals surface area contributed by atoms with Crippen LogP contribution in [0.2, 0.25) is 0 Å². The fraction of sp³-hybridized carbons (Fsp3) is 0.625. The second kappa shape index (κ2) is 2.97. The average molecular weight is 169 g/mol. The quantitative estimate of drug-likeness (QED) is 0.350. The van der Waals surface area contributed by atoms with Gasteiger partial charge in [0, 0.05) is 6.04 Å². The van der Waals surface area contributed by atoms with Gasteiger partial charge in [-0.1, -0.05) is 12.2 Å². The van der Waals surface area contributed by atoms with Crippen molar-refractivity contribution in [3.05, 3.63) is 12.2 Å². The van der Waals surface area contributed by atoms with Crippen LogP contribution in [0.5, 0.6) is 0 Å². The average Bonchev–Trinajstić information content (AvgIpc) is 1.82. The molecule has 0 aromatic heterocycles. The molecule has 4 nitrogen and oxygen atoms in total. The Morgan fingerprint density at radius 2 is 2.17 bits per heavy atom.